The van der Waals surface area contributed by atoms with E-state index in [1.165, 1.54) is 32.4 Å². The van der Waals surface area contributed by atoms with Crippen LogP contribution in [0.3, 0.4) is 0 Å². The average molecular weight is 225 g/mol. The lowest BCUT2D eigenvalue weighted by molar-refractivity contribution is 0.0646. The maximum absolute atomic E-state index is 6.08. The summed E-state index contributed by atoms with van der Waals surface area (Å²) in [5, 5.41) is 0. The van der Waals surface area contributed by atoms with Crippen molar-refractivity contribution in [2.45, 2.75) is 44.7 Å². The Kier molecular flexibility index (Phi) is 3.06. The van der Waals surface area contributed by atoms with Gasteiger partial charge in [-0.3, -0.25) is 4.90 Å². The lowest BCUT2D eigenvalue weighted by Crippen LogP contribution is -2.56. The molecule has 1 heterocycles. The summed E-state index contributed by atoms with van der Waals surface area (Å²) < 4.78 is 0. The molecule has 94 valence electrons. The Morgan fingerprint density at radius 2 is 2.06 bits per heavy atom. The van der Waals surface area contributed by atoms with Gasteiger partial charge in [0, 0.05) is 31.2 Å². The van der Waals surface area contributed by atoms with Crippen molar-refractivity contribution in [2.24, 2.45) is 11.1 Å². The number of hydrogen-bond donors (Lipinski definition) is 1. The lowest BCUT2D eigenvalue weighted by Gasteiger charge is -2.44. The fourth-order valence-corrected chi connectivity index (χ4v) is 3.09. The molecule has 0 spiro atoms. The van der Waals surface area contributed by atoms with Crippen molar-refractivity contribution in [3.63, 3.8) is 0 Å². The monoisotopic (exact) mass is 225 g/mol. The van der Waals surface area contributed by atoms with Crippen LogP contribution in [0.25, 0.3) is 0 Å². The first-order chi connectivity index (χ1) is 7.43. The molecule has 2 atom stereocenters. The van der Waals surface area contributed by atoms with Gasteiger partial charge in [0.15, 0.2) is 0 Å². The van der Waals surface area contributed by atoms with Crippen molar-refractivity contribution in [3.05, 3.63) is 0 Å². The fourth-order valence-electron chi connectivity index (χ4n) is 3.09. The number of likely N-dealkylation sites (N-methyl/N-ethyl adjacent to an activating group) is 1. The predicted octanol–water partition coefficient (Wildman–Crippen LogP) is 1.14. The third kappa shape index (κ3) is 1.79. The van der Waals surface area contributed by atoms with Gasteiger partial charge in [0.05, 0.1) is 0 Å². The van der Waals surface area contributed by atoms with E-state index >= 15 is 0 Å². The molecule has 1 aliphatic heterocycles. The van der Waals surface area contributed by atoms with Gasteiger partial charge in [0.25, 0.3) is 0 Å². The number of hydrogen-bond acceptors (Lipinski definition) is 3. The topological polar surface area (TPSA) is 32.5 Å². The van der Waals surface area contributed by atoms with Crippen LogP contribution in [0.1, 0.15) is 33.1 Å². The van der Waals surface area contributed by atoms with E-state index in [1.807, 2.05) is 0 Å². The van der Waals surface area contributed by atoms with Gasteiger partial charge in [0.1, 0.15) is 0 Å². The smallest absolute Gasteiger partial charge is 0.0357 e. The number of nitrogens with zero attached hydrogens (tertiary/aromatic N) is 2. The van der Waals surface area contributed by atoms with Crippen LogP contribution in [0.4, 0.5) is 0 Å². The Morgan fingerprint density at radius 1 is 1.44 bits per heavy atom. The summed E-state index contributed by atoms with van der Waals surface area (Å²) in [7, 11) is 4.37. The van der Waals surface area contributed by atoms with Crippen molar-refractivity contribution in [1.82, 2.24) is 9.80 Å². The van der Waals surface area contributed by atoms with Crippen LogP contribution >= 0.6 is 0 Å². The summed E-state index contributed by atoms with van der Waals surface area (Å²) in [6, 6.07) is 0.716. The van der Waals surface area contributed by atoms with Gasteiger partial charge in [-0.2, -0.15) is 0 Å². The average Bonchev–Trinajstić information content (AvgIpc) is 2.84. The minimum absolute atomic E-state index is 0.220. The Labute approximate surface area is 100.0 Å². The standard InChI is InChI=1S/C13H27N3/c1-12(6-7-12)13(2,10-14)16-8-5-11(9-16)15(3)4/h11H,5-10,14H2,1-4H3. The maximum atomic E-state index is 6.08. The molecule has 2 rings (SSSR count). The summed E-state index contributed by atoms with van der Waals surface area (Å²) in [4.78, 5) is 5.00. The predicted molar refractivity (Wildman–Crippen MR) is 68.5 cm³/mol. The molecule has 0 radical (unpaired) electrons. The molecule has 0 bridgehead atoms. The van der Waals surface area contributed by atoms with E-state index in [2.05, 4.69) is 37.7 Å². The number of likely N-dealkylation sites (tertiary alicyclic amines) is 1. The van der Waals surface area contributed by atoms with Crippen molar-refractivity contribution < 1.29 is 0 Å². The summed E-state index contributed by atoms with van der Waals surface area (Å²) in [6.45, 7) is 7.98. The first-order valence-electron chi connectivity index (χ1n) is 6.54. The van der Waals surface area contributed by atoms with Crippen LogP contribution in [0, 0.1) is 5.41 Å². The molecule has 16 heavy (non-hydrogen) atoms. The second-order valence-corrected chi connectivity index (χ2v) is 6.39. The molecule has 0 aromatic heterocycles. The first kappa shape index (κ1) is 12.3. The van der Waals surface area contributed by atoms with E-state index in [0.29, 0.717) is 11.5 Å². The molecule has 0 aromatic carbocycles. The summed E-state index contributed by atoms with van der Waals surface area (Å²) in [6.07, 6.45) is 3.99. The molecule has 0 amide bonds. The third-order valence-corrected chi connectivity index (χ3v) is 5.29. The highest BCUT2D eigenvalue weighted by Crippen LogP contribution is 2.56. The van der Waals surface area contributed by atoms with Crippen LogP contribution in [-0.2, 0) is 0 Å². The zero-order chi connectivity index (χ0) is 12.0. The molecule has 2 fully saturated rings. The van der Waals surface area contributed by atoms with E-state index in [4.69, 9.17) is 5.73 Å². The minimum Gasteiger partial charge on any atom is -0.329 e. The van der Waals surface area contributed by atoms with Gasteiger partial charge in [-0.05, 0) is 45.7 Å². The molecule has 0 aromatic rings. The largest absolute Gasteiger partial charge is 0.329 e. The second kappa shape index (κ2) is 3.97. The molecule has 3 nitrogen and oxygen atoms in total. The highest BCUT2D eigenvalue weighted by atomic mass is 15.3. The van der Waals surface area contributed by atoms with Gasteiger partial charge in [-0.1, -0.05) is 6.92 Å². The van der Waals surface area contributed by atoms with Gasteiger partial charge in [-0.25, -0.2) is 0 Å². The quantitative estimate of drug-likeness (QED) is 0.779. The normalized spacial score (nSPS) is 33.0. The van der Waals surface area contributed by atoms with E-state index < -0.39 is 0 Å². The summed E-state index contributed by atoms with van der Waals surface area (Å²) in [5.74, 6) is 0. The molecule has 2 unspecified atom stereocenters. The molecule has 1 saturated heterocycles. The van der Waals surface area contributed by atoms with E-state index in [9.17, 15) is 0 Å². The summed E-state index contributed by atoms with van der Waals surface area (Å²) >= 11 is 0. The maximum Gasteiger partial charge on any atom is 0.0357 e. The van der Waals surface area contributed by atoms with Crippen LogP contribution < -0.4 is 5.73 Å². The highest BCUT2D eigenvalue weighted by molar-refractivity contribution is 5.11. The van der Waals surface area contributed by atoms with Gasteiger partial charge < -0.3 is 10.6 Å². The van der Waals surface area contributed by atoms with Crippen LogP contribution in [0.5, 0.6) is 0 Å². The van der Waals surface area contributed by atoms with E-state index in [0.717, 1.165) is 6.54 Å². The van der Waals surface area contributed by atoms with E-state index in [-0.39, 0.29) is 5.54 Å². The third-order valence-electron chi connectivity index (χ3n) is 5.29. The number of rotatable bonds is 4. The molecule has 1 saturated carbocycles. The lowest BCUT2D eigenvalue weighted by atomic mass is 9.82. The Morgan fingerprint density at radius 3 is 2.44 bits per heavy atom. The molecular weight excluding hydrogens is 198 g/mol. The van der Waals surface area contributed by atoms with E-state index in [1.54, 1.807) is 0 Å². The fraction of sp³-hybridized carbons (Fsp3) is 1.00. The van der Waals surface area contributed by atoms with Crippen molar-refractivity contribution in [3.8, 4) is 0 Å². The van der Waals surface area contributed by atoms with Gasteiger partial charge in [-0.15, -0.1) is 0 Å². The second-order valence-electron chi connectivity index (χ2n) is 6.39. The van der Waals surface area contributed by atoms with Crippen LogP contribution in [0.2, 0.25) is 0 Å². The molecule has 2 N–H and O–H groups in total. The van der Waals surface area contributed by atoms with Crippen LogP contribution in [-0.4, -0.2) is 55.1 Å². The van der Waals surface area contributed by atoms with Crippen molar-refractivity contribution in [1.29, 1.82) is 0 Å². The zero-order valence-corrected chi connectivity index (χ0v) is 11.3. The SMILES string of the molecule is CN(C)C1CCN(C(C)(CN)C2(C)CC2)C1. The summed E-state index contributed by atoms with van der Waals surface area (Å²) in [5.41, 5.74) is 6.77. The molecule has 3 heteroatoms. The van der Waals surface area contributed by atoms with Gasteiger partial charge in [0.2, 0.25) is 0 Å². The van der Waals surface area contributed by atoms with Crippen molar-refractivity contribution >= 4 is 0 Å². The number of nitrogens with two attached hydrogens (primary N) is 1. The Bertz CT molecular complexity index is 260. The molecule has 2 aliphatic rings. The Balaban J connectivity index is 2.07. The molecule has 1 aliphatic carbocycles. The van der Waals surface area contributed by atoms with Crippen molar-refractivity contribution in [2.75, 3.05) is 33.7 Å². The highest BCUT2D eigenvalue weighted by Gasteiger charge is 2.56. The zero-order valence-electron chi connectivity index (χ0n) is 11.3. The first-order valence-corrected chi connectivity index (χ1v) is 6.54. The van der Waals surface area contributed by atoms with Gasteiger partial charge >= 0.3 is 0 Å². The molecular formula is C13H27N3. The Hall–Kier alpha value is -0.120. The minimum atomic E-state index is 0.220. The van der Waals surface area contributed by atoms with Crippen LogP contribution in [0.15, 0.2) is 0 Å².